The Morgan fingerprint density at radius 1 is 1.00 bits per heavy atom. The fourth-order valence-electron chi connectivity index (χ4n) is 4.50. The standard InChI is InChI=1S/C20H32N4O/c1-19(2)14-16(15-20(3,4)22-19)21-18(25)24-12-10-23(11-13-24)17-8-6-5-7-9-17/h5-9,16,22H,10-15H2,1-4H3,(H,21,25). The first-order valence-corrected chi connectivity index (χ1v) is 9.39. The van der Waals surface area contributed by atoms with Gasteiger partial charge in [0, 0.05) is 49.0 Å². The second-order valence-corrected chi connectivity index (χ2v) is 8.76. The van der Waals surface area contributed by atoms with Crippen LogP contribution in [0.2, 0.25) is 0 Å². The fourth-order valence-corrected chi connectivity index (χ4v) is 4.50. The van der Waals surface area contributed by atoms with Crippen LogP contribution in [-0.4, -0.2) is 54.2 Å². The van der Waals surface area contributed by atoms with Crippen molar-refractivity contribution in [3.05, 3.63) is 30.3 Å². The summed E-state index contributed by atoms with van der Waals surface area (Å²) in [6.45, 7) is 12.2. The lowest BCUT2D eigenvalue weighted by Gasteiger charge is -2.47. The van der Waals surface area contributed by atoms with Gasteiger partial charge in [-0.05, 0) is 52.7 Å². The van der Waals surface area contributed by atoms with E-state index in [0.29, 0.717) is 0 Å². The van der Waals surface area contributed by atoms with Crippen molar-refractivity contribution in [1.29, 1.82) is 0 Å². The largest absolute Gasteiger partial charge is 0.368 e. The molecule has 2 aliphatic rings. The third-order valence-electron chi connectivity index (χ3n) is 5.21. The van der Waals surface area contributed by atoms with Crippen LogP contribution in [0.4, 0.5) is 10.5 Å². The molecule has 3 rings (SSSR count). The van der Waals surface area contributed by atoms with E-state index in [4.69, 9.17) is 0 Å². The number of carbonyl (C=O) groups excluding carboxylic acids is 1. The molecule has 138 valence electrons. The number of para-hydroxylation sites is 1. The van der Waals surface area contributed by atoms with Crippen LogP contribution < -0.4 is 15.5 Å². The average Bonchev–Trinajstić information content (AvgIpc) is 2.53. The summed E-state index contributed by atoms with van der Waals surface area (Å²) < 4.78 is 0. The van der Waals surface area contributed by atoms with E-state index < -0.39 is 0 Å². The van der Waals surface area contributed by atoms with Gasteiger partial charge in [-0.2, -0.15) is 0 Å². The van der Waals surface area contributed by atoms with Gasteiger partial charge in [-0.25, -0.2) is 4.79 Å². The predicted molar refractivity (Wildman–Crippen MR) is 103 cm³/mol. The smallest absolute Gasteiger partial charge is 0.317 e. The van der Waals surface area contributed by atoms with Gasteiger partial charge in [0.1, 0.15) is 0 Å². The van der Waals surface area contributed by atoms with Crippen molar-refractivity contribution >= 4 is 11.7 Å². The quantitative estimate of drug-likeness (QED) is 0.867. The number of benzene rings is 1. The van der Waals surface area contributed by atoms with Gasteiger partial charge in [-0.15, -0.1) is 0 Å². The zero-order valence-corrected chi connectivity index (χ0v) is 16.0. The summed E-state index contributed by atoms with van der Waals surface area (Å²) >= 11 is 0. The summed E-state index contributed by atoms with van der Waals surface area (Å²) in [6.07, 6.45) is 1.93. The highest BCUT2D eigenvalue weighted by atomic mass is 16.2. The van der Waals surface area contributed by atoms with E-state index in [9.17, 15) is 4.79 Å². The Labute approximate surface area is 151 Å². The monoisotopic (exact) mass is 344 g/mol. The number of urea groups is 1. The lowest BCUT2D eigenvalue weighted by molar-refractivity contribution is 0.138. The van der Waals surface area contributed by atoms with Crippen LogP contribution in [0.3, 0.4) is 0 Å². The molecule has 0 saturated carbocycles. The molecular weight excluding hydrogens is 312 g/mol. The zero-order chi connectivity index (χ0) is 18.1. The molecule has 2 aliphatic heterocycles. The van der Waals surface area contributed by atoms with Crippen molar-refractivity contribution < 1.29 is 4.79 Å². The Morgan fingerprint density at radius 2 is 1.56 bits per heavy atom. The number of hydrogen-bond acceptors (Lipinski definition) is 3. The first-order chi connectivity index (χ1) is 11.7. The molecule has 0 aliphatic carbocycles. The zero-order valence-electron chi connectivity index (χ0n) is 16.0. The van der Waals surface area contributed by atoms with Gasteiger partial charge in [-0.3, -0.25) is 0 Å². The molecule has 1 aromatic carbocycles. The number of hydrogen-bond donors (Lipinski definition) is 2. The Bertz CT molecular complexity index is 575. The lowest BCUT2D eigenvalue weighted by Crippen LogP contribution is -2.63. The van der Waals surface area contributed by atoms with Gasteiger partial charge >= 0.3 is 6.03 Å². The Hall–Kier alpha value is -1.75. The molecule has 0 unspecified atom stereocenters. The van der Waals surface area contributed by atoms with Crippen molar-refractivity contribution in [2.45, 2.75) is 57.7 Å². The van der Waals surface area contributed by atoms with Gasteiger partial charge in [0.05, 0.1) is 0 Å². The molecule has 0 spiro atoms. The van der Waals surface area contributed by atoms with Crippen molar-refractivity contribution in [2.24, 2.45) is 0 Å². The number of nitrogens with zero attached hydrogens (tertiary/aromatic N) is 2. The first-order valence-electron chi connectivity index (χ1n) is 9.39. The molecule has 1 aromatic rings. The molecule has 2 saturated heterocycles. The van der Waals surface area contributed by atoms with Crippen LogP contribution >= 0.6 is 0 Å². The maximum atomic E-state index is 12.7. The maximum Gasteiger partial charge on any atom is 0.317 e. The molecule has 0 radical (unpaired) electrons. The first kappa shape index (κ1) is 18.1. The topological polar surface area (TPSA) is 47.6 Å². The van der Waals surface area contributed by atoms with E-state index >= 15 is 0 Å². The summed E-state index contributed by atoms with van der Waals surface area (Å²) in [5.41, 5.74) is 1.33. The number of carbonyl (C=O) groups is 1. The molecule has 0 aromatic heterocycles. The van der Waals surface area contributed by atoms with E-state index in [1.807, 2.05) is 11.0 Å². The summed E-state index contributed by atoms with van der Waals surface area (Å²) in [7, 11) is 0. The highest BCUT2D eigenvalue weighted by molar-refractivity contribution is 5.75. The van der Waals surface area contributed by atoms with Crippen LogP contribution in [0.15, 0.2) is 30.3 Å². The second kappa shape index (κ2) is 6.87. The van der Waals surface area contributed by atoms with E-state index in [-0.39, 0.29) is 23.2 Å². The van der Waals surface area contributed by atoms with Crippen molar-refractivity contribution in [1.82, 2.24) is 15.5 Å². The molecule has 0 atom stereocenters. The van der Waals surface area contributed by atoms with Crippen LogP contribution in [-0.2, 0) is 0 Å². The van der Waals surface area contributed by atoms with Crippen LogP contribution in [0, 0.1) is 0 Å². The Morgan fingerprint density at radius 3 is 2.12 bits per heavy atom. The number of rotatable bonds is 2. The molecule has 2 amide bonds. The van der Waals surface area contributed by atoms with E-state index in [1.165, 1.54) is 5.69 Å². The second-order valence-electron chi connectivity index (χ2n) is 8.76. The van der Waals surface area contributed by atoms with Crippen molar-refractivity contribution in [3.63, 3.8) is 0 Å². The maximum absolute atomic E-state index is 12.7. The van der Waals surface area contributed by atoms with Crippen LogP contribution in [0.5, 0.6) is 0 Å². The van der Waals surface area contributed by atoms with Gasteiger partial charge in [0.25, 0.3) is 0 Å². The summed E-state index contributed by atoms with van der Waals surface area (Å²) in [6, 6.07) is 10.8. The summed E-state index contributed by atoms with van der Waals surface area (Å²) in [4.78, 5) is 17.0. The molecule has 2 N–H and O–H groups in total. The summed E-state index contributed by atoms with van der Waals surface area (Å²) in [5, 5.41) is 6.95. The number of anilines is 1. The number of amides is 2. The molecule has 2 fully saturated rings. The number of nitrogens with one attached hydrogen (secondary N) is 2. The number of piperazine rings is 1. The highest BCUT2D eigenvalue weighted by Gasteiger charge is 2.38. The number of piperidine rings is 1. The van der Waals surface area contributed by atoms with Crippen LogP contribution in [0.25, 0.3) is 0 Å². The Balaban J connectivity index is 1.53. The molecule has 5 nitrogen and oxygen atoms in total. The Kier molecular flexibility index (Phi) is 4.96. The summed E-state index contributed by atoms with van der Waals surface area (Å²) in [5.74, 6) is 0. The van der Waals surface area contributed by atoms with E-state index in [2.05, 4.69) is 67.5 Å². The van der Waals surface area contributed by atoms with Gasteiger partial charge in [0.2, 0.25) is 0 Å². The van der Waals surface area contributed by atoms with Gasteiger partial charge < -0.3 is 20.4 Å². The predicted octanol–water partition coefficient (Wildman–Crippen LogP) is 2.83. The SMILES string of the molecule is CC1(C)CC(NC(=O)N2CCN(c3ccccc3)CC2)CC(C)(C)N1. The van der Waals surface area contributed by atoms with E-state index in [1.54, 1.807) is 0 Å². The van der Waals surface area contributed by atoms with Crippen molar-refractivity contribution in [3.8, 4) is 0 Å². The third-order valence-corrected chi connectivity index (χ3v) is 5.21. The van der Waals surface area contributed by atoms with E-state index in [0.717, 1.165) is 39.0 Å². The third kappa shape index (κ3) is 4.66. The van der Waals surface area contributed by atoms with Gasteiger partial charge in [0.15, 0.2) is 0 Å². The molecule has 2 heterocycles. The van der Waals surface area contributed by atoms with Crippen molar-refractivity contribution in [2.75, 3.05) is 31.1 Å². The normalized spacial score (nSPS) is 23.4. The minimum atomic E-state index is 0.0473. The molecule has 5 heteroatoms. The van der Waals surface area contributed by atoms with Gasteiger partial charge in [-0.1, -0.05) is 18.2 Å². The molecular formula is C20H32N4O. The highest BCUT2D eigenvalue weighted by Crippen LogP contribution is 2.28. The molecule has 0 bridgehead atoms. The van der Waals surface area contributed by atoms with Crippen LogP contribution in [0.1, 0.15) is 40.5 Å². The minimum absolute atomic E-state index is 0.0473. The molecule has 25 heavy (non-hydrogen) atoms. The minimum Gasteiger partial charge on any atom is -0.368 e. The average molecular weight is 345 g/mol. The lowest BCUT2D eigenvalue weighted by atomic mass is 9.80. The fraction of sp³-hybridized carbons (Fsp3) is 0.650.